The molecule has 0 fully saturated rings. The molecule has 1 rings (SSSR count). The molecular formula is C12H16N4O2. The van der Waals surface area contributed by atoms with Crippen molar-refractivity contribution in [2.45, 2.75) is 19.9 Å². The molecule has 1 aromatic heterocycles. The third-order valence-corrected chi connectivity index (χ3v) is 2.18. The summed E-state index contributed by atoms with van der Waals surface area (Å²) < 4.78 is 5.34. The third kappa shape index (κ3) is 4.39. The first-order valence-electron chi connectivity index (χ1n) is 5.60. The van der Waals surface area contributed by atoms with Crippen LogP contribution in [0, 0.1) is 18.3 Å². The maximum atomic E-state index is 11.4. The van der Waals surface area contributed by atoms with Crippen LogP contribution in [0.5, 0.6) is 5.75 Å². The number of aromatic nitrogens is 1. The molecule has 0 unspecified atom stereocenters. The largest absolute Gasteiger partial charge is 0.482 e. The SMILES string of the molecule is Cc1ccc(OCC(=O)NCCC#N)c(CN)n1. The minimum atomic E-state index is -0.270. The lowest BCUT2D eigenvalue weighted by Crippen LogP contribution is -2.29. The second kappa shape index (κ2) is 7.25. The number of carbonyl (C=O) groups excluding carboxylic acids is 1. The summed E-state index contributed by atoms with van der Waals surface area (Å²) in [5.74, 6) is 0.243. The molecule has 1 aromatic rings. The number of aryl methyl sites for hydroxylation is 1. The molecule has 0 aliphatic heterocycles. The summed E-state index contributed by atoms with van der Waals surface area (Å²) in [6.07, 6.45) is 0.284. The second-order valence-electron chi connectivity index (χ2n) is 3.65. The van der Waals surface area contributed by atoms with E-state index in [-0.39, 0.29) is 25.5 Å². The summed E-state index contributed by atoms with van der Waals surface area (Å²) in [4.78, 5) is 15.6. The minimum Gasteiger partial charge on any atom is -0.482 e. The molecule has 6 nitrogen and oxygen atoms in total. The van der Waals surface area contributed by atoms with E-state index in [2.05, 4.69) is 10.3 Å². The minimum absolute atomic E-state index is 0.108. The maximum Gasteiger partial charge on any atom is 0.257 e. The lowest BCUT2D eigenvalue weighted by atomic mass is 10.3. The number of hydrogen-bond acceptors (Lipinski definition) is 5. The maximum absolute atomic E-state index is 11.4. The predicted molar refractivity (Wildman–Crippen MR) is 65.6 cm³/mol. The fourth-order valence-electron chi connectivity index (χ4n) is 1.33. The quantitative estimate of drug-likeness (QED) is 0.703. The van der Waals surface area contributed by atoms with E-state index in [9.17, 15) is 4.79 Å². The molecule has 0 bridgehead atoms. The van der Waals surface area contributed by atoms with Gasteiger partial charge in [-0.1, -0.05) is 0 Å². The zero-order valence-corrected chi connectivity index (χ0v) is 10.3. The number of nitrogens with zero attached hydrogens (tertiary/aromatic N) is 2. The number of nitrogens with two attached hydrogens (primary N) is 1. The Labute approximate surface area is 106 Å². The summed E-state index contributed by atoms with van der Waals surface area (Å²) in [6.45, 7) is 2.34. The van der Waals surface area contributed by atoms with Crippen LogP contribution in [0.3, 0.4) is 0 Å². The standard InChI is InChI=1S/C12H16N4O2/c1-9-3-4-11(10(7-14)16-9)18-8-12(17)15-6-2-5-13/h3-4H,2,6-8,14H2,1H3,(H,15,17). The van der Waals surface area contributed by atoms with E-state index < -0.39 is 0 Å². The number of nitriles is 1. The van der Waals surface area contributed by atoms with Crippen LogP contribution >= 0.6 is 0 Å². The fraction of sp³-hybridized carbons (Fsp3) is 0.417. The Morgan fingerprint density at radius 1 is 1.61 bits per heavy atom. The van der Waals surface area contributed by atoms with E-state index in [1.807, 2.05) is 13.0 Å². The highest BCUT2D eigenvalue weighted by Crippen LogP contribution is 2.15. The van der Waals surface area contributed by atoms with Gasteiger partial charge >= 0.3 is 0 Å². The van der Waals surface area contributed by atoms with Crippen molar-refractivity contribution in [3.8, 4) is 11.8 Å². The van der Waals surface area contributed by atoms with Gasteiger partial charge in [0.25, 0.3) is 5.91 Å². The van der Waals surface area contributed by atoms with Crippen molar-refractivity contribution in [1.82, 2.24) is 10.3 Å². The highest BCUT2D eigenvalue weighted by Gasteiger charge is 2.07. The van der Waals surface area contributed by atoms with Gasteiger partial charge in [0.15, 0.2) is 6.61 Å². The van der Waals surface area contributed by atoms with Crippen molar-refractivity contribution in [2.24, 2.45) is 5.73 Å². The fourth-order valence-corrected chi connectivity index (χ4v) is 1.33. The van der Waals surface area contributed by atoms with E-state index in [1.54, 1.807) is 12.1 Å². The van der Waals surface area contributed by atoms with E-state index in [4.69, 9.17) is 15.7 Å². The van der Waals surface area contributed by atoms with Crippen LogP contribution in [0.2, 0.25) is 0 Å². The van der Waals surface area contributed by atoms with Crippen molar-refractivity contribution >= 4 is 5.91 Å². The first-order valence-corrected chi connectivity index (χ1v) is 5.60. The Kier molecular flexibility index (Phi) is 5.61. The summed E-state index contributed by atoms with van der Waals surface area (Å²) in [7, 11) is 0. The molecule has 18 heavy (non-hydrogen) atoms. The average molecular weight is 248 g/mol. The number of nitrogens with one attached hydrogen (secondary N) is 1. The molecule has 0 radical (unpaired) electrons. The smallest absolute Gasteiger partial charge is 0.257 e. The molecule has 0 aliphatic rings. The highest BCUT2D eigenvalue weighted by atomic mass is 16.5. The molecular weight excluding hydrogens is 232 g/mol. The van der Waals surface area contributed by atoms with Gasteiger partial charge in [-0.2, -0.15) is 5.26 Å². The van der Waals surface area contributed by atoms with Gasteiger partial charge in [-0.3, -0.25) is 9.78 Å². The second-order valence-corrected chi connectivity index (χ2v) is 3.65. The number of hydrogen-bond donors (Lipinski definition) is 2. The monoisotopic (exact) mass is 248 g/mol. The van der Waals surface area contributed by atoms with Crippen molar-refractivity contribution in [3.05, 3.63) is 23.5 Å². The zero-order chi connectivity index (χ0) is 13.4. The van der Waals surface area contributed by atoms with E-state index in [0.29, 0.717) is 18.0 Å². The number of ether oxygens (including phenoxy) is 1. The molecule has 6 heteroatoms. The van der Waals surface area contributed by atoms with E-state index in [1.165, 1.54) is 0 Å². The Morgan fingerprint density at radius 3 is 3.06 bits per heavy atom. The van der Waals surface area contributed by atoms with Gasteiger partial charge in [0.2, 0.25) is 0 Å². The molecule has 0 aromatic carbocycles. The van der Waals surface area contributed by atoms with Gasteiger partial charge in [-0.25, -0.2) is 0 Å². The molecule has 1 amide bonds. The van der Waals surface area contributed by atoms with Crippen molar-refractivity contribution in [2.75, 3.05) is 13.2 Å². The van der Waals surface area contributed by atoms with Gasteiger partial charge in [-0.05, 0) is 19.1 Å². The van der Waals surface area contributed by atoms with Crippen LogP contribution in [0.4, 0.5) is 0 Å². The molecule has 0 saturated carbocycles. The van der Waals surface area contributed by atoms with Crippen molar-refractivity contribution < 1.29 is 9.53 Å². The average Bonchev–Trinajstić information content (AvgIpc) is 2.37. The van der Waals surface area contributed by atoms with Gasteiger partial charge in [0.1, 0.15) is 5.75 Å². The Bertz CT molecular complexity index is 454. The van der Waals surface area contributed by atoms with Crippen LogP contribution in [0.1, 0.15) is 17.8 Å². The number of pyridine rings is 1. The first kappa shape index (κ1) is 13.9. The van der Waals surface area contributed by atoms with Crippen LogP contribution < -0.4 is 15.8 Å². The number of carbonyl (C=O) groups is 1. The van der Waals surface area contributed by atoms with Gasteiger partial charge in [0.05, 0.1) is 18.2 Å². The third-order valence-electron chi connectivity index (χ3n) is 2.18. The van der Waals surface area contributed by atoms with E-state index >= 15 is 0 Å². The van der Waals surface area contributed by atoms with Gasteiger partial charge < -0.3 is 15.8 Å². The highest BCUT2D eigenvalue weighted by molar-refractivity contribution is 5.77. The van der Waals surface area contributed by atoms with Crippen LogP contribution in [-0.2, 0) is 11.3 Å². The van der Waals surface area contributed by atoms with Crippen molar-refractivity contribution in [1.29, 1.82) is 5.26 Å². The van der Waals surface area contributed by atoms with Gasteiger partial charge in [0, 0.05) is 18.8 Å². The first-order chi connectivity index (χ1) is 8.67. The lowest BCUT2D eigenvalue weighted by molar-refractivity contribution is -0.123. The molecule has 96 valence electrons. The van der Waals surface area contributed by atoms with Gasteiger partial charge in [-0.15, -0.1) is 0 Å². The summed E-state index contributed by atoms with van der Waals surface area (Å²) >= 11 is 0. The molecule has 0 atom stereocenters. The Morgan fingerprint density at radius 2 is 2.39 bits per heavy atom. The zero-order valence-electron chi connectivity index (χ0n) is 10.3. The molecule has 3 N–H and O–H groups in total. The van der Waals surface area contributed by atoms with Crippen LogP contribution in [-0.4, -0.2) is 24.0 Å². The summed E-state index contributed by atoms with van der Waals surface area (Å²) in [5.41, 5.74) is 7.02. The van der Waals surface area contributed by atoms with E-state index in [0.717, 1.165) is 5.69 Å². The van der Waals surface area contributed by atoms with Crippen LogP contribution in [0.25, 0.3) is 0 Å². The summed E-state index contributed by atoms with van der Waals surface area (Å²) in [5, 5.41) is 10.9. The molecule has 0 spiro atoms. The topological polar surface area (TPSA) is 101 Å². The normalized spacial score (nSPS) is 9.61. The summed E-state index contributed by atoms with van der Waals surface area (Å²) in [6, 6.07) is 5.48. The molecule has 1 heterocycles. The Balaban J connectivity index is 2.48. The van der Waals surface area contributed by atoms with Crippen molar-refractivity contribution in [3.63, 3.8) is 0 Å². The lowest BCUT2D eigenvalue weighted by Gasteiger charge is -2.10. The number of amides is 1. The Hall–Kier alpha value is -2.13. The molecule has 0 aliphatic carbocycles. The predicted octanol–water partition coefficient (Wildman–Crippen LogP) is 0.257. The number of rotatable bonds is 6. The van der Waals surface area contributed by atoms with Crippen LogP contribution in [0.15, 0.2) is 12.1 Å². The molecule has 0 saturated heterocycles.